The lowest BCUT2D eigenvalue weighted by molar-refractivity contribution is -0.154. The predicted octanol–water partition coefficient (Wildman–Crippen LogP) is 1.46. The Morgan fingerprint density at radius 1 is 1.40 bits per heavy atom. The summed E-state index contributed by atoms with van der Waals surface area (Å²) in [6.45, 7) is 0.907. The number of hydrogen-bond acceptors (Lipinski definition) is 4. The summed E-state index contributed by atoms with van der Waals surface area (Å²) in [5.74, 6) is -1.22. The Labute approximate surface area is 124 Å². The van der Waals surface area contributed by atoms with Gasteiger partial charge in [0.05, 0.1) is 11.0 Å². The lowest BCUT2D eigenvalue weighted by atomic mass is 9.80. The lowest BCUT2D eigenvalue weighted by Gasteiger charge is -2.33. The average molecular weight is 343 g/mol. The highest BCUT2D eigenvalue weighted by molar-refractivity contribution is 9.10. The van der Waals surface area contributed by atoms with E-state index in [0.717, 1.165) is 0 Å². The van der Waals surface area contributed by atoms with Gasteiger partial charge in [-0.3, -0.25) is 9.59 Å². The Morgan fingerprint density at radius 3 is 2.65 bits per heavy atom. The summed E-state index contributed by atoms with van der Waals surface area (Å²) in [7, 11) is 0. The van der Waals surface area contributed by atoms with Crippen molar-refractivity contribution in [3.63, 3.8) is 0 Å². The van der Waals surface area contributed by atoms with E-state index in [1.807, 2.05) is 0 Å². The molecule has 1 aliphatic rings. The molecule has 0 radical (unpaired) electrons. The van der Waals surface area contributed by atoms with Gasteiger partial charge in [-0.25, -0.2) is 4.98 Å². The molecule has 1 fully saturated rings. The fourth-order valence-corrected chi connectivity index (χ4v) is 2.32. The van der Waals surface area contributed by atoms with Crippen LogP contribution in [-0.2, 0) is 9.53 Å². The number of aliphatic carboxylic acids is 1. The molecule has 1 aromatic rings. The first-order chi connectivity index (χ1) is 9.53. The molecule has 1 amide bonds. The largest absolute Gasteiger partial charge is 0.481 e. The molecule has 0 atom stereocenters. The van der Waals surface area contributed by atoms with E-state index in [2.05, 4.69) is 26.2 Å². The minimum atomic E-state index is -0.934. The normalized spacial score (nSPS) is 17.4. The van der Waals surface area contributed by atoms with Gasteiger partial charge in [0.2, 0.25) is 0 Å². The van der Waals surface area contributed by atoms with Crippen molar-refractivity contribution < 1.29 is 19.4 Å². The van der Waals surface area contributed by atoms with Crippen LogP contribution in [0.2, 0.25) is 0 Å². The van der Waals surface area contributed by atoms with Gasteiger partial charge in [0, 0.05) is 26.0 Å². The van der Waals surface area contributed by atoms with E-state index in [-0.39, 0.29) is 12.5 Å². The van der Waals surface area contributed by atoms with E-state index < -0.39 is 11.4 Å². The monoisotopic (exact) mass is 342 g/mol. The van der Waals surface area contributed by atoms with Crippen LogP contribution in [0, 0.1) is 5.41 Å². The van der Waals surface area contributed by atoms with E-state index in [1.165, 1.54) is 6.20 Å². The highest BCUT2D eigenvalue weighted by Crippen LogP contribution is 2.30. The lowest BCUT2D eigenvalue weighted by Crippen LogP contribution is -2.46. The molecule has 0 saturated carbocycles. The van der Waals surface area contributed by atoms with Gasteiger partial charge in [-0.15, -0.1) is 0 Å². The number of carboxylic acid groups (broad SMARTS) is 1. The van der Waals surface area contributed by atoms with Crippen molar-refractivity contribution in [1.29, 1.82) is 0 Å². The zero-order valence-electron chi connectivity index (χ0n) is 10.8. The molecule has 20 heavy (non-hydrogen) atoms. The number of amides is 1. The maximum atomic E-state index is 12.0. The number of nitrogens with one attached hydrogen (secondary N) is 1. The van der Waals surface area contributed by atoms with Crippen molar-refractivity contribution in [2.75, 3.05) is 19.8 Å². The van der Waals surface area contributed by atoms with Crippen LogP contribution in [0.25, 0.3) is 0 Å². The van der Waals surface area contributed by atoms with E-state index >= 15 is 0 Å². The van der Waals surface area contributed by atoms with E-state index in [1.54, 1.807) is 12.1 Å². The fourth-order valence-electron chi connectivity index (χ4n) is 2.09. The highest BCUT2D eigenvalue weighted by Gasteiger charge is 2.40. The molecule has 6 nitrogen and oxygen atoms in total. The second-order valence-electron chi connectivity index (χ2n) is 4.75. The number of rotatable bonds is 4. The molecule has 1 aromatic heterocycles. The molecular formula is C13H15BrN2O4. The second-order valence-corrected chi connectivity index (χ2v) is 5.56. The number of ether oxygens (including phenoxy) is 1. The fraction of sp³-hybridized carbons (Fsp3) is 0.462. The van der Waals surface area contributed by atoms with Crippen LogP contribution in [-0.4, -0.2) is 41.7 Å². The smallest absolute Gasteiger partial charge is 0.311 e. The molecule has 2 heterocycles. The highest BCUT2D eigenvalue weighted by atomic mass is 79.9. The van der Waals surface area contributed by atoms with Crippen LogP contribution in [0.5, 0.6) is 0 Å². The number of halogens is 1. The van der Waals surface area contributed by atoms with Gasteiger partial charge in [0.15, 0.2) is 0 Å². The molecule has 2 rings (SSSR count). The van der Waals surface area contributed by atoms with Crippen LogP contribution in [0.1, 0.15) is 23.2 Å². The third-order valence-corrected chi connectivity index (χ3v) is 3.95. The van der Waals surface area contributed by atoms with Gasteiger partial charge < -0.3 is 15.2 Å². The number of nitrogens with zero attached hydrogens (tertiary/aromatic N) is 1. The zero-order chi connectivity index (χ0) is 14.6. The van der Waals surface area contributed by atoms with Crippen molar-refractivity contribution in [1.82, 2.24) is 10.3 Å². The standard InChI is InChI=1S/C13H15BrN2O4/c14-10-2-1-9(7-15-10)11(17)16-8-13(12(18)19)3-5-20-6-4-13/h1-2,7H,3-6,8H2,(H,16,17)(H,18,19). The summed E-state index contributed by atoms with van der Waals surface area (Å²) < 4.78 is 5.83. The summed E-state index contributed by atoms with van der Waals surface area (Å²) in [6.07, 6.45) is 2.25. The van der Waals surface area contributed by atoms with Crippen molar-refractivity contribution in [2.24, 2.45) is 5.41 Å². The molecule has 7 heteroatoms. The molecule has 0 bridgehead atoms. The van der Waals surface area contributed by atoms with Gasteiger partial charge in [-0.05, 0) is 40.9 Å². The number of aromatic nitrogens is 1. The minimum Gasteiger partial charge on any atom is -0.481 e. The number of carbonyl (C=O) groups excluding carboxylic acids is 1. The van der Waals surface area contributed by atoms with Crippen LogP contribution in [0.4, 0.5) is 0 Å². The van der Waals surface area contributed by atoms with Crippen molar-refractivity contribution in [2.45, 2.75) is 12.8 Å². The third-order valence-electron chi connectivity index (χ3n) is 3.48. The van der Waals surface area contributed by atoms with Gasteiger partial charge in [-0.1, -0.05) is 0 Å². The van der Waals surface area contributed by atoms with Crippen LogP contribution in [0.3, 0.4) is 0 Å². The maximum absolute atomic E-state index is 12.0. The molecule has 108 valence electrons. The SMILES string of the molecule is O=C(NCC1(C(=O)O)CCOCC1)c1ccc(Br)nc1. The Bertz CT molecular complexity index is 498. The second kappa shape index (κ2) is 6.32. The molecule has 2 N–H and O–H groups in total. The summed E-state index contributed by atoms with van der Waals surface area (Å²) in [5.41, 5.74) is -0.530. The Morgan fingerprint density at radius 2 is 2.10 bits per heavy atom. The van der Waals surface area contributed by atoms with Crippen molar-refractivity contribution in [3.05, 3.63) is 28.5 Å². The minimum absolute atomic E-state index is 0.0978. The maximum Gasteiger partial charge on any atom is 0.311 e. The predicted molar refractivity (Wildman–Crippen MR) is 74.4 cm³/mol. The first-order valence-corrected chi connectivity index (χ1v) is 7.04. The Balaban J connectivity index is 2.00. The average Bonchev–Trinajstić information content (AvgIpc) is 2.46. The number of pyridine rings is 1. The van der Waals surface area contributed by atoms with Crippen LogP contribution >= 0.6 is 15.9 Å². The zero-order valence-corrected chi connectivity index (χ0v) is 12.4. The first-order valence-electron chi connectivity index (χ1n) is 6.24. The first kappa shape index (κ1) is 14.9. The Hall–Kier alpha value is -1.47. The topological polar surface area (TPSA) is 88.5 Å². The molecule has 0 aliphatic carbocycles. The summed E-state index contributed by atoms with van der Waals surface area (Å²) in [4.78, 5) is 27.4. The van der Waals surface area contributed by atoms with E-state index in [9.17, 15) is 14.7 Å². The van der Waals surface area contributed by atoms with Crippen LogP contribution in [0.15, 0.2) is 22.9 Å². The number of hydrogen-bond donors (Lipinski definition) is 2. The summed E-state index contributed by atoms with van der Waals surface area (Å²) in [5, 5.41) is 12.1. The third kappa shape index (κ3) is 3.34. The summed E-state index contributed by atoms with van der Waals surface area (Å²) in [6, 6.07) is 3.29. The Kier molecular flexibility index (Phi) is 4.72. The van der Waals surface area contributed by atoms with E-state index in [0.29, 0.717) is 36.2 Å². The van der Waals surface area contributed by atoms with Crippen molar-refractivity contribution >= 4 is 27.8 Å². The van der Waals surface area contributed by atoms with Gasteiger partial charge in [0.25, 0.3) is 5.91 Å². The summed E-state index contributed by atoms with van der Waals surface area (Å²) >= 11 is 3.19. The van der Waals surface area contributed by atoms with Gasteiger partial charge >= 0.3 is 5.97 Å². The molecule has 0 spiro atoms. The van der Waals surface area contributed by atoms with Crippen LogP contribution < -0.4 is 5.32 Å². The van der Waals surface area contributed by atoms with Gasteiger partial charge in [-0.2, -0.15) is 0 Å². The number of carboxylic acids is 1. The molecule has 0 aromatic carbocycles. The van der Waals surface area contributed by atoms with Gasteiger partial charge in [0.1, 0.15) is 4.60 Å². The molecular weight excluding hydrogens is 328 g/mol. The molecule has 1 saturated heterocycles. The van der Waals surface area contributed by atoms with E-state index in [4.69, 9.17) is 4.74 Å². The quantitative estimate of drug-likeness (QED) is 0.808. The molecule has 1 aliphatic heterocycles. The van der Waals surface area contributed by atoms with Crippen molar-refractivity contribution in [3.8, 4) is 0 Å². The number of carbonyl (C=O) groups is 2. The molecule has 0 unspecified atom stereocenters.